The second kappa shape index (κ2) is 1.78. The number of carbonyl (C=O) groups excluding carboxylic acids is 1. The van der Waals surface area contributed by atoms with Gasteiger partial charge in [-0.2, -0.15) is 0 Å². The Labute approximate surface area is 65.8 Å². The smallest absolute Gasteiger partial charge is 0.224 e. The number of amides is 1. The largest absolute Gasteiger partial charge is 0.394 e. The number of aliphatic hydroxyl groups is 1. The Balaban J connectivity index is 2.19. The average Bonchev–Trinajstić information content (AvgIpc) is 2.37. The van der Waals surface area contributed by atoms with Crippen LogP contribution in [0.5, 0.6) is 0 Å². The van der Waals surface area contributed by atoms with Crippen molar-refractivity contribution in [1.82, 2.24) is 5.32 Å². The molecular weight excluding hydrogens is 142 g/mol. The lowest BCUT2D eigenvalue weighted by Gasteiger charge is -2.15. The maximum atomic E-state index is 11.2. The number of hydrogen-bond donors (Lipinski definition) is 2. The van der Waals surface area contributed by atoms with Gasteiger partial charge in [0.05, 0.1) is 12.6 Å². The van der Waals surface area contributed by atoms with Crippen molar-refractivity contribution in [2.24, 2.45) is 17.3 Å². The molecule has 11 heavy (non-hydrogen) atoms. The lowest BCUT2D eigenvalue weighted by atomic mass is 10.0. The van der Waals surface area contributed by atoms with Gasteiger partial charge in [-0.15, -0.1) is 0 Å². The maximum Gasteiger partial charge on any atom is 0.224 e. The van der Waals surface area contributed by atoms with Gasteiger partial charge in [0.2, 0.25) is 5.91 Å². The predicted octanol–water partition coefficient (Wildman–Crippen LogP) is -0.251. The molecule has 3 nitrogen and oxygen atoms in total. The van der Waals surface area contributed by atoms with Crippen molar-refractivity contribution in [2.45, 2.75) is 19.9 Å². The van der Waals surface area contributed by atoms with Crippen LogP contribution in [0, 0.1) is 17.3 Å². The summed E-state index contributed by atoms with van der Waals surface area (Å²) in [5, 5.41) is 11.7. The van der Waals surface area contributed by atoms with Crippen LogP contribution in [0.2, 0.25) is 0 Å². The normalized spacial score (nSPS) is 45.0. The van der Waals surface area contributed by atoms with Gasteiger partial charge in [0.25, 0.3) is 0 Å². The molecule has 1 amide bonds. The summed E-state index contributed by atoms with van der Waals surface area (Å²) in [7, 11) is 0. The summed E-state index contributed by atoms with van der Waals surface area (Å²) in [5.74, 6) is 0.665. The zero-order valence-corrected chi connectivity index (χ0v) is 6.79. The zero-order valence-electron chi connectivity index (χ0n) is 6.79. The van der Waals surface area contributed by atoms with Gasteiger partial charge >= 0.3 is 0 Å². The lowest BCUT2D eigenvalue weighted by Crippen LogP contribution is -2.36. The first-order valence-electron chi connectivity index (χ1n) is 4.00. The van der Waals surface area contributed by atoms with E-state index in [-0.39, 0.29) is 29.9 Å². The number of piperidine rings is 1. The average molecular weight is 155 g/mol. The number of rotatable bonds is 1. The maximum absolute atomic E-state index is 11.2. The van der Waals surface area contributed by atoms with E-state index >= 15 is 0 Å². The van der Waals surface area contributed by atoms with Gasteiger partial charge in [-0.1, -0.05) is 13.8 Å². The molecule has 62 valence electrons. The molecule has 3 atom stereocenters. The van der Waals surface area contributed by atoms with Gasteiger partial charge < -0.3 is 10.4 Å². The van der Waals surface area contributed by atoms with Gasteiger partial charge in [0.15, 0.2) is 0 Å². The van der Waals surface area contributed by atoms with Crippen molar-refractivity contribution in [3.8, 4) is 0 Å². The van der Waals surface area contributed by atoms with Crippen molar-refractivity contribution < 1.29 is 9.90 Å². The van der Waals surface area contributed by atoms with Crippen LogP contribution in [0.25, 0.3) is 0 Å². The van der Waals surface area contributed by atoms with Crippen LogP contribution >= 0.6 is 0 Å². The molecule has 1 saturated heterocycles. The third-order valence-corrected chi connectivity index (χ3v) is 3.15. The van der Waals surface area contributed by atoms with Crippen molar-refractivity contribution in [3.05, 3.63) is 0 Å². The van der Waals surface area contributed by atoms with Crippen LogP contribution in [-0.2, 0) is 4.79 Å². The fraction of sp³-hybridized carbons (Fsp3) is 0.875. The van der Waals surface area contributed by atoms with Gasteiger partial charge in [0.1, 0.15) is 0 Å². The Morgan fingerprint density at radius 1 is 1.64 bits per heavy atom. The third kappa shape index (κ3) is 0.692. The van der Waals surface area contributed by atoms with E-state index in [4.69, 9.17) is 5.11 Å². The van der Waals surface area contributed by atoms with E-state index in [0.29, 0.717) is 5.92 Å². The van der Waals surface area contributed by atoms with Crippen molar-refractivity contribution in [1.29, 1.82) is 0 Å². The number of fused-ring (bicyclic) bond motifs is 1. The highest BCUT2D eigenvalue weighted by molar-refractivity contribution is 5.86. The van der Waals surface area contributed by atoms with E-state index < -0.39 is 0 Å². The molecule has 1 aliphatic heterocycles. The van der Waals surface area contributed by atoms with Crippen LogP contribution in [0.4, 0.5) is 0 Å². The Bertz CT molecular complexity index is 212. The fourth-order valence-electron chi connectivity index (χ4n) is 2.45. The molecule has 2 rings (SSSR count). The third-order valence-electron chi connectivity index (χ3n) is 3.15. The Morgan fingerprint density at radius 2 is 2.27 bits per heavy atom. The van der Waals surface area contributed by atoms with Gasteiger partial charge in [-0.05, 0) is 11.3 Å². The minimum atomic E-state index is 0.0162. The SMILES string of the molecule is CC1(C)[C@@H]2[C@@H](CO)NC(=O)[C@@H]21. The number of aliphatic hydroxyl groups excluding tert-OH is 1. The Kier molecular flexibility index (Phi) is 1.15. The molecular formula is C8H13NO2. The first-order valence-corrected chi connectivity index (χ1v) is 4.00. The highest BCUT2D eigenvalue weighted by atomic mass is 16.3. The number of hydrogen-bond acceptors (Lipinski definition) is 2. The number of nitrogens with one attached hydrogen (secondary N) is 1. The van der Waals surface area contributed by atoms with E-state index in [0.717, 1.165) is 0 Å². The molecule has 0 unspecified atom stereocenters. The molecule has 2 fully saturated rings. The minimum absolute atomic E-state index is 0.0162. The molecule has 1 aliphatic carbocycles. The molecule has 1 saturated carbocycles. The summed E-state index contributed by atoms with van der Waals surface area (Å²) >= 11 is 0. The molecule has 0 aromatic rings. The summed E-state index contributed by atoms with van der Waals surface area (Å²) in [6.45, 7) is 4.25. The Morgan fingerprint density at radius 3 is 2.55 bits per heavy atom. The van der Waals surface area contributed by atoms with E-state index in [1.807, 2.05) is 0 Å². The van der Waals surface area contributed by atoms with E-state index in [2.05, 4.69) is 19.2 Å². The van der Waals surface area contributed by atoms with Crippen molar-refractivity contribution in [3.63, 3.8) is 0 Å². The van der Waals surface area contributed by atoms with Crippen molar-refractivity contribution in [2.75, 3.05) is 6.61 Å². The molecule has 2 N–H and O–H groups in total. The van der Waals surface area contributed by atoms with Gasteiger partial charge in [-0.25, -0.2) is 0 Å². The quantitative estimate of drug-likeness (QED) is 0.548. The molecule has 0 radical (unpaired) electrons. The molecule has 2 aliphatic rings. The summed E-state index contributed by atoms with van der Waals surface area (Å²) in [6, 6.07) is 0.0162. The van der Waals surface area contributed by atoms with Crippen molar-refractivity contribution >= 4 is 5.91 Å². The van der Waals surface area contributed by atoms with Crippen LogP contribution in [0.1, 0.15) is 13.8 Å². The highest BCUT2D eigenvalue weighted by Gasteiger charge is 2.68. The lowest BCUT2D eigenvalue weighted by molar-refractivity contribution is -0.122. The molecule has 3 heteroatoms. The first kappa shape index (κ1) is 7.10. The van der Waals surface area contributed by atoms with E-state index in [1.54, 1.807) is 0 Å². The van der Waals surface area contributed by atoms with Crippen LogP contribution in [-0.4, -0.2) is 23.7 Å². The molecule has 0 aromatic carbocycles. The van der Waals surface area contributed by atoms with Crippen LogP contribution < -0.4 is 5.32 Å². The molecule has 0 spiro atoms. The topological polar surface area (TPSA) is 49.3 Å². The van der Waals surface area contributed by atoms with Gasteiger partial charge in [-0.3, -0.25) is 4.79 Å². The van der Waals surface area contributed by atoms with E-state index in [1.165, 1.54) is 0 Å². The predicted molar refractivity (Wildman–Crippen MR) is 39.8 cm³/mol. The standard InChI is InChI=1S/C8H13NO2/c1-8(2)5-4(3-10)9-7(11)6(5)8/h4-6,10H,3H2,1-2H3,(H,9,11)/t4-,5-,6-/m1/s1. The molecule has 1 heterocycles. The minimum Gasteiger partial charge on any atom is -0.394 e. The highest BCUT2D eigenvalue weighted by Crippen LogP contribution is 2.62. The first-order chi connectivity index (χ1) is 5.09. The monoisotopic (exact) mass is 155 g/mol. The van der Waals surface area contributed by atoms with Gasteiger partial charge in [0, 0.05) is 5.92 Å². The zero-order chi connectivity index (χ0) is 8.22. The molecule has 0 bridgehead atoms. The van der Waals surface area contributed by atoms with E-state index in [9.17, 15) is 4.79 Å². The fourth-order valence-corrected chi connectivity index (χ4v) is 2.45. The summed E-state index contributed by atoms with van der Waals surface area (Å²) in [5.41, 5.74) is 0.135. The Hall–Kier alpha value is -0.570. The summed E-state index contributed by atoms with van der Waals surface area (Å²) in [4.78, 5) is 11.2. The molecule has 0 aromatic heterocycles. The second-order valence-corrected chi connectivity index (χ2v) is 4.12. The summed E-state index contributed by atoms with van der Waals surface area (Å²) < 4.78 is 0. The summed E-state index contributed by atoms with van der Waals surface area (Å²) in [6.07, 6.45) is 0. The van der Waals surface area contributed by atoms with Crippen LogP contribution in [0.15, 0.2) is 0 Å². The number of carbonyl (C=O) groups is 1. The second-order valence-electron chi connectivity index (χ2n) is 4.12. The van der Waals surface area contributed by atoms with Crippen LogP contribution in [0.3, 0.4) is 0 Å².